The summed E-state index contributed by atoms with van der Waals surface area (Å²) in [4.78, 5) is 27.3. The monoisotopic (exact) mass is 418 g/mol. The van der Waals surface area contributed by atoms with Gasteiger partial charge in [0.1, 0.15) is 5.78 Å². The molecule has 0 spiro atoms. The maximum absolute atomic E-state index is 12.1. The lowest BCUT2D eigenvalue weighted by Gasteiger charge is -2.15. The maximum atomic E-state index is 12.1. The van der Waals surface area contributed by atoms with Crippen LogP contribution in [0.15, 0.2) is 35.3 Å². The number of nitrogens with two attached hydrogens (primary N) is 3. The summed E-state index contributed by atoms with van der Waals surface area (Å²) < 4.78 is 31.6. The zero-order valence-electron chi connectivity index (χ0n) is 15.1. The molecule has 9 N–H and O–H groups in total. The Bertz CT molecular complexity index is 742. The van der Waals surface area contributed by atoms with Crippen molar-refractivity contribution in [2.45, 2.75) is 31.7 Å². The summed E-state index contributed by atoms with van der Waals surface area (Å²) in [5.74, 6) is -2.01. The number of Topliss-reactive ketones (excluding diaryl/α,β-unsaturated/α-hetero) is 1. The molecule has 0 saturated heterocycles. The second-order valence-electron chi connectivity index (χ2n) is 5.90. The molecule has 1 aromatic carbocycles. The van der Waals surface area contributed by atoms with Gasteiger partial charge in [-0.1, -0.05) is 30.3 Å². The number of rotatable bonds is 10. The lowest BCUT2D eigenvalue weighted by molar-refractivity contribution is -0.143. The number of aliphatic imine (C=N–C) groups is 1. The highest BCUT2D eigenvalue weighted by Crippen LogP contribution is 2.15. The SMILES string of the molecule is NC(N)=NCCCC(N)C(=O)CC(Cc1ccccc1)C(=O)O.O=S(=O)(O)O. The molecule has 0 saturated carbocycles. The standard InChI is InChI=1S/C16H24N4O3.H2O4S/c17-13(7-4-8-20-16(18)19)14(21)10-12(15(22)23)9-11-5-2-1-3-6-11;1-5(2,3)4/h1-3,5-6,12-13H,4,7-10,17H2,(H,22,23)(H4,18,19,20);(H2,1,2,3,4). The van der Waals surface area contributed by atoms with E-state index in [9.17, 15) is 14.7 Å². The van der Waals surface area contributed by atoms with Crippen LogP contribution >= 0.6 is 0 Å². The quantitative estimate of drug-likeness (QED) is 0.125. The van der Waals surface area contributed by atoms with E-state index in [1.54, 1.807) is 0 Å². The van der Waals surface area contributed by atoms with Crippen molar-refractivity contribution in [3.63, 3.8) is 0 Å². The molecular weight excluding hydrogens is 392 g/mol. The van der Waals surface area contributed by atoms with Gasteiger partial charge in [0.25, 0.3) is 0 Å². The summed E-state index contributed by atoms with van der Waals surface area (Å²) >= 11 is 0. The average molecular weight is 418 g/mol. The largest absolute Gasteiger partial charge is 0.481 e. The Morgan fingerprint density at radius 3 is 2.11 bits per heavy atom. The summed E-state index contributed by atoms with van der Waals surface area (Å²) in [6, 6.07) is 8.53. The highest BCUT2D eigenvalue weighted by atomic mass is 32.3. The van der Waals surface area contributed by atoms with Gasteiger partial charge in [-0.2, -0.15) is 8.42 Å². The Labute approximate surface area is 163 Å². The van der Waals surface area contributed by atoms with Gasteiger partial charge >= 0.3 is 16.4 Å². The maximum Gasteiger partial charge on any atom is 0.394 e. The molecule has 12 heteroatoms. The summed E-state index contributed by atoms with van der Waals surface area (Å²) in [7, 11) is -4.67. The molecular formula is C16H26N4O7S. The number of hydrogen-bond donors (Lipinski definition) is 6. The van der Waals surface area contributed by atoms with E-state index in [0.29, 0.717) is 25.8 Å². The first kappa shape index (κ1) is 25.5. The van der Waals surface area contributed by atoms with Gasteiger partial charge in [-0.15, -0.1) is 0 Å². The molecule has 28 heavy (non-hydrogen) atoms. The fourth-order valence-electron chi connectivity index (χ4n) is 2.22. The Hall–Kier alpha value is -2.54. The fourth-order valence-corrected chi connectivity index (χ4v) is 2.22. The second kappa shape index (κ2) is 12.8. The molecule has 0 radical (unpaired) electrons. The zero-order chi connectivity index (χ0) is 21.7. The number of carbonyl (C=O) groups is 2. The van der Waals surface area contributed by atoms with Gasteiger partial charge in [-0.05, 0) is 24.8 Å². The van der Waals surface area contributed by atoms with Gasteiger partial charge in [0.05, 0.1) is 12.0 Å². The first-order chi connectivity index (χ1) is 12.9. The highest BCUT2D eigenvalue weighted by Gasteiger charge is 2.24. The van der Waals surface area contributed by atoms with Crippen molar-refractivity contribution in [2.24, 2.45) is 28.1 Å². The predicted molar refractivity (Wildman–Crippen MR) is 103 cm³/mol. The number of ketones is 1. The van der Waals surface area contributed by atoms with E-state index in [4.69, 9.17) is 34.7 Å². The highest BCUT2D eigenvalue weighted by molar-refractivity contribution is 7.79. The van der Waals surface area contributed by atoms with Crippen molar-refractivity contribution in [3.05, 3.63) is 35.9 Å². The molecule has 0 aromatic heterocycles. The summed E-state index contributed by atoms with van der Waals surface area (Å²) in [6.07, 6.45) is 1.23. The molecule has 1 rings (SSSR count). The number of guanidine groups is 1. The second-order valence-corrected chi connectivity index (χ2v) is 6.79. The van der Waals surface area contributed by atoms with Crippen molar-refractivity contribution in [1.82, 2.24) is 0 Å². The summed E-state index contributed by atoms with van der Waals surface area (Å²) in [5.41, 5.74) is 17.1. The predicted octanol–water partition coefficient (Wildman–Crippen LogP) is -0.383. The van der Waals surface area contributed by atoms with Crippen LogP contribution in [0.1, 0.15) is 24.8 Å². The average Bonchev–Trinajstić information content (AvgIpc) is 2.57. The van der Waals surface area contributed by atoms with Crippen molar-refractivity contribution < 1.29 is 32.2 Å². The van der Waals surface area contributed by atoms with Gasteiger partial charge in [0.15, 0.2) is 5.96 Å². The van der Waals surface area contributed by atoms with Crippen LogP contribution < -0.4 is 17.2 Å². The minimum Gasteiger partial charge on any atom is -0.481 e. The smallest absolute Gasteiger partial charge is 0.394 e. The van der Waals surface area contributed by atoms with E-state index in [2.05, 4.69) is 4.99 Å². The van der Waals surface area contributed by atoms with Gasteiger partial charge in [0, 0.05) is 13.0 Å². The van der Waals surface area contributed by atoms with Crippen LogP contribution in [0.3, 0.4) is 0 Å². The van der Waals surface area contributed by atoms with Gasteiger partial charge in [-0.25, -0.2) is 0 Å². The van der Waals surface area contributed by atoms with E-state index in [1.165, 1.54) is 0 Å². The number of hydrogen-bond acceptors (Lipinski definition) is 6. The zero-order valence-corrected chi connectivity index (χ0v) is 16.0. The van der Waals surface area contributed by atoms with Crippen LogP contribution in [0.2, 0.25) is 0 Å². The third kappa shape index (κ3) is 14.6. The molecule has 0 fully saturated rings. The number of carbonyl (C=O) groups excluding carboxylic acids is 1. The van der Waals surface area contributed by atoms with Crippen molar-refractivity contribution in [1.29, 1.82) is 0 Å². The minimum absolute atomic E-state index is 0.00120. The molecule has 2 unspecified atom stereocenters. The van der Waals surface area contributed by atoms with Gasteiger partial charge < -0.3 is 22.3 Å². The third-order valence-electron chi connectivity index (χ3n) is 3.50. The summed E-state index contributed by atoms with van der Waals surface area (Å²) in [5, 5.41) is 9.30. The number of carboxylic acids is 1. The molecule has 11 nitrogen and oxygen atoms in total. The van der Waals surface area contributed by atoms with Crippen LogP contribution in [-0.2, 0) is 26.4 Å². The van der Waals surface area contributed by atoms with Gasteiger partial charge in [-0.3, -0.25) is 23.7 Å². The molecule has 158 valence electrons. The molecule has 0 bridgehead atoms. The van der Waals surface area contributed by atoms with Crippen LogP contribution in [0.5, 0.6) is 0 Å². The lowest BCUT2D eigenvalue weighted by atomic mass is 9.91. The molecule has 2 atom stereocenters. The molecule has 0 aliphatic heterocycles. The number of nitrogens with zero attached hydrogens (tertiary/aromatic N) is 1. The van der Waals surface area contributed by atoms with E-state index in [-0.39, 0.29) is 18.2 Å². The Balaban J connectivity index is 0.00000129. The molecule has 0 heterocycles. The topological polar surface area (TPSA) is 219 Å². The number of benzene rings is 1. The van der Waals surface area contributed by atoms with Gasteiger partial charge in [0.2, 0.25) is 0 Å². The Kier molecular flexibility index (Phi) is 11.6. The van der Waals surface area contributed by atoms with Crippen molar-refractivity contribution in [2.75, 3.05) is 6.54 Å². The van der Waals surface area contributed by atoms with Crippen LogP contribution in [-0.4, -0.2) is 52.9 Å². The van der Waals surface area contributed by atoms with E-state index < -0.39 is 28.3 Å². The lowest BCUT2D eigenvalue weighted by Crippen LogP contribution is -2.34. The van der Waals surface area contributed by atoms with E-state index >= 15 is 0 Å². The van der Waals surface area contributed by atoms with Crippen molar-refractivity contribution >= 4 is 28.1 Å². The fraction of sp³-hybridized carbons (Fsp3) is 0.438. The Morgan fingerprint density at radius 2 is 1.64 bits per heavy atom. The number of aliphatic carboxylic acids is 1. The molecule has 0 amide bonds. The Morgan fingerprint density at radius 1 is 1.11 bits per heavy atom. The minimum atomic E-state index is -4.67. The molecule has 0 aliphatic carbocycles. The third-order valence-corrected chi connectivity index (χ3v) is 3.50. The normalized spacial score (nSPS) is 12.8. The van der Waals surface area contributed by atoms with E-state index in [1.807, 2.05) is 30.3 Å². The molecule has 1 aromatic rings. The first-order valence-electron chi connectivity index (χ1n) is 8.20. The van der Waals surface area contributed by atoms with Crippen LogP contribution in [0, 0.1) is 5.92 Å². The van der Waals surface area contributed by atoms with Crippen LogP contribution in [0.4, 0.5) is 0 Å². The van der Waals surface area contributed by atoms with Crippen molar-refractivity contribution in [3.8, 4) is 0 Å². The molecule has 0 aliphatic rings. The first-order valence-corrected chi connectivity index (χ1v) is 9.60. The summed E-state index contributed by atoms with van der Waals surface area (Å²) in [6.45, 7) is 0.398. The number of carboxylic acid groups (broad SMARTS) is 1. The van der Waals surface area contributed by atoms with E-state index in [0.717, 1.165) is 5.56 Å². The van der Waals surface area contributed by atoms with Crippen LogP contribution in [0.25, 0.3) is 0 Å².